The van der Waals surface area contributed by atoms with Crippen molar-refractivity contribution in [2.24, 2.45) is 0 Å². The van der Waals surface area contributed by atoms with Gasteiger partial charge in [-0.3, -0.25) is 0 Å². The van der Waals surface area contributed by atoms with Gasteiger partial charge in [0.15, 0.2) is 0 Å². The molecule has 0 aliphatic heterocycles. The van der Waals surface area contributed by atoms with Gasteiger partial charge in [0.1, 0.15) is 11.5 Å². The largest absolute Gasteiger partial charge is 0.435 e. The van der Waals surface area contributed by atoms with Gasteiger partial charge in [0.25, 0.3) is 0 Å². The number of alkyl halides is 2. The van der Waals surface area contributed by atoms with E-state index in [0.717, 1.165) is 10.8 Å². The Labute approximate surface area is 131 Å². The Morgan fingerprint density at radius 2 is 1.48 bits per heavy atom. The van der Waals surface area contributed by atoms with Crippen molar-refractivity contribution in [2.45, 2.75) is 6.61 Å². The Morgan fingerprint density at radius 3 is 2.17 bits per heavy atom. The second-order valence-corrected chi connectivity index (χ2v) is 4.80. The number of ether oxygens (including phenoxy) is 2. The van der Waals surface area contributed by atoms with Gasteiger partial charge in [0.05, 0.1) is 5.56 Å². The Balaban J connectivity index is 1.74. The second-order valence-electron chi connectivity index (χ2n) is 4.80. The first-order valence-corrected chi connectivity index (χ1v) is 6.88. The van der Waals surface area contributed by atoms with Crippen LogP contribution in [0.15, 0.2) is 66.7 Å². The van der Waals surface area contributed by atoms with E-state index >= 15 is 0 Å². The summed E-state index contributed by atoms with van der Waals surface area (Å²) in [7, 11) is 0. The lowest BCUT2D eigenvalue weighted by Gasteiger charge is -2.07. The maximum atomic E-state index is 12.1. The van der Waals surface area contributed by atoms with Gasteiger partial charge >= 0.3 is 12.6 Å². The molecule has 0 amide bonds. The van der Waals surface area contributed by atoms with Crippen LogP contribution in [0.1, 0.15) is 10.4 Å². The maximum Gasteiger partial charge on any atom is 0.387 e. The van der Waals surface area contributed by atoms with Crippen molar-refractivity contribution in [3.05, 3.63) is 72.3 Å². The van der Waals surface area contributed by atoms with E-state index < -0.39 is 12.6 Å². The molecule has 0 aromatic heterocycles. The molecule has 3 nitrogen and oxygen atoms in total. The summed E-state index contributed by atoms with van der Waals surface area (Å²) < 4.78 is 33.7. The molecule has 0 spiro atoms. The lowest BCUT2D eigenvalue weighted by atomic mass is 10.1. The van der Waals surface area contributed by atoms with Crippen LogP contribution < -0.4 is 9.47 Å². The highest BCUT2D eigenvalue weighted by atomic mass is 19.3. The lowest BCUT2D eigenvalue weighted by Crippen LogP contribution is -2.08. The highest BCUT2D eigenvalue weighted by molar-refractivity contribution is 5.92. The summed E-state index contributed by atoms with van der Waals surface area (Å²) in [4.78, 5) is 12.1. The quantitative estimate of drug-likeness (QED) is 0.519. The van der Waals surface area contributed by atoms with E-state index in [1.54, 1.807) is 12.1 Å². The van der Waals surface area contributed by atoms with Crippen molar-refractivity contribution in [1.29, 1.82) is 0 Å². The first-order valence-electron chi connectivity index (χ1n) is 6.88. The molecule has 0 unspecified atom stereocenters. The molecule has 3 rings (SSSR count). The molecular formula is C18H12F2O3. The van der Waals surface area contributed by atoms with Gasteiger partial charge < -0.3 is 9.47 Å². The number of hydrogen-bond donors (Lipinski definition) is 0. The molecule has 0 atom stereocenters. The smallest absolute Gasteiger partial charge is 0.387 e. The van der Waals surface area contributed by atoms with E-state index in [2.05, 4.69) is 4.74 Å². The molecule has 3 aromatic carbocycles. The van der Waals surface area contributed by atoms with Crippen LogP contribution in [0.2, 0.25) is 0 Å². The normalized spacial score (nSPS) is 10.7. The topological polar surface area (TPSA) is 35.5 Å². The molecule has 0 N–H and O–H groups in total. The van der Waals surface area contributed by atoms with Crippen LogP contribution in [0.25, 0.3) is 10.8 Å². The first-order chi connectivity index (χ1) is 11.1. The average molecular weight is 314 g/mol. The summed E-state index contributed by atoms with van der Waals surface area (Å²) in [6.45, 7) is -2.90. The number of benzene rings is 3. The molecule has 0 heterocycles. The number of halogens is 2. The van der Waals surface area contributed by atoms with Gasteiger partial charge in [-0.2, -0.15) is 8.78 Å². The molecule has 0 radical (unpaired) electrons. The third-order valence-corrected chi connectivity index (χ3v) is 3.25. The van der Waals surface area contributed by atoms with Gasteiger partial charge in [-0.05, 0) is 47.2 Å². The number of hydrogen-bond acceptors (Lipinski definition) is 3. The molecule has 0 aliphatic rings. The Morgan fingerprint density at radius 1 is 0.826 bits per heavy atom. The van der Waals surface area contributed by atoms with Crippen LogP contribution in [-0.4, -0.2) is 12.6 Å². The summed E-state index contributed by atoms with van der Waals surface area (Å²) in [5.41, 5.74) is 0.250. The highest BCUT2D eigenvalue weighted by Crippen LogP contribution is 2.22. The van der Waals surface area contributed by atoms with Gasteiger partial charge in [-0.1, -0.05) is 30.3 Å². The van der Waals surface area contributed by atoms with Crippen LogP contribution >= 0.6 is 0 Å². The van der Waals surface area contributed by atoms with E-state index in [1.165, 1.54) is 24.3 Å². The summed E-state index contributed by atoms with van der Waals surface area (Å²) in [6.07, 6.45) is 0. The van der Waals surface area contributed by atoms with Crippen LogP contribution in [0, 0.1) is 0 Å². The van der Waals surface area contributed by atoms with E-state index in [0.29, 0.717) is 5.75 Å². The van der Waals surface area contributed by atoms with Gasteiger partial charge in [0, 0.05) is 0 Å². The second kappa shape index (κ2) is 6.44. The van der Waals surface area contributed by atoms with Crippen molar-refractivity contribution in [1.82, 2.24) is 0 Å². The zero-order valence-electron chi connectivity index (χ0n) is 11.9. The van der Waals surface area contributed by atoms with Crippen molar-refractivity contribution >= 4 is 16.7 Å². The molecule has 0 saturated carbocycles. The molecule has 23 heavy (non-hydrogen) atoms. The zero-order chi connectivity index (χ0) is 16.2. The SMILES string of the molecule is O=C(Oc1ccc2ccccc2c1)c1ccc(OC(F)F)cc1. The fourth-order valence-electron chi connectivity index (χ4n) is 2.17. The Hall–Kier alpha value is -2.95. The third-order valence-electron chi connectivity index (χ3n) is 3.25. The van der Waals surface area contributed by atoms with Crippen molar-refractivity contribution in [3.63, 3.8) is 0 Å². The molecule has 0 aliphatic carbocycles. The lowest BCUT2D eigenvalue weighted by molar-refractivity contribution is -0.0498. The summed E-state index contributed by atoms with van der Waals surface area (Å²) in [5.74, 6) is -0.159. The van der Waals surface area contributed by atoms with Crippen LogP contribution in [-0.2, 0) is 0 Å². The van der Waals surface area contributed by atoms with E-state index in [1.807, 2.05) is 30.3 Å². The van der Waals surface area contributed by atoms with Crippen molar-refractivity contribution in [2.75, 3.05) is 0 Å². The molecule has 3 aromatic rings. The number of rotatable bonds is 4. The van der Waals surface area contributed by atoms with Gasteiger partial charge in [0.2, 0.25) is 0 Å². The Kier molecular flexibility index (Phi) is 4.19. The van der Waals surface area contributed by atoms with Crippen LogP contribution in [0.4, 0.5) is 8.78 Å². The standard InChI is InChI=1S/C18H12F2O3/c19-18(20)23-15-8-6-13(7-9-15)17(21)22-16-10-5-12-3-1-2-4-14(12)11-16/h1-11,18H. The minimum atomic E-state index is -2.90. The minimum absolute atomic E-state index is 0.0118. The number of carbonyl (C=O) groups excluding carboxylic acids is 1. The average Bonchev–Trinajstić information content (AvgIpc) is 2.55. The van der Waals surface area contributed by atoms with Gasteiger partial charge in [-0.25, -0.2) is 4.79 Å². The molecule has 116 valence electrons. The number of carbonyl (C=O) groups is 1. The molecular weight excluding hydrogens is 302 g/mol. The fourth-order valence-corrected chi connectivity index (χ4v) is 2.17. The number of esters is 1. The zero-order valence-corrected chi connectivity index (χ0v) is 11.9. The van der Waals surface area contributed by atoms with E-state index in [9.17, 15) is 13.6 Å². The van der Waals surface area contributed by atoms with Crippen molar-refractivity contribution in [3.8, 4) is 11.5 Å². The Bertz CT molecular complexity index is 829. The van der Waals surface area contributed by atoms with E-state index in [4.69, 9.17) is 4.74 Å². The van der Waals surface area contributed by atoms with Crippen molar-refractivity contribution < 1.29 is 23.0 Å². The molecule has 5 heteroatoms. The molecule has 0 bridgehead atoms. The summed E-state index contributed by atoms with van der Waals surface area (Å²) in [6, 6.07) is 18.4. The number of fused-ring (bicyclic) bond motifs is 1. The van der Waals surface area contributed by atoms with Gasteiger partial charge in [-0.15, -0.1) is 0 Å². The molecule has 0 fully saturated rings. The molecule has 0 saturated heterocycles. The first kappa shape index (κ1) is 15.0. The predicted octanol–water partition coefficient (Wildman–Crippen LogP) is 4.66. The van der Waals surface area contributed by atoms with Crippen LogP contribution in [0.5, 0.6) is 11.5 Å². The third kappa shape index (κ3) is 3.63. The predicted molar refractivity (Wildman–Crippen MR) is 82.0 cm³/mol. The van der Waals surface area contributed by atoms with Crippen LogP contribution in [0.3, 0.4) is 0 Å². The maximum absolute atomic E-state index is 12.1. The minimum Gasteiger partial charge on any atom is -0.435 e. The van der Waals surface area contributed by atoms with E-state index in [-0.39, 0.29) is 11.3 Å². The summed E-state index contributed by atoms with van der Waals surface area (Å²) >= 11 is 0. The fraction of sp³-hybridized carbons (Fsp3) is 0.0556. The monoisotopic (exact) mass is 314 g/mol. The summed E-state index contributed by atoms with van der Waals surface area (Å²) in [5, 5.41) is 2.00. The highest BCUT2D eigenvalue weighted by Gasteiger charge is 2.10.